The Bertz CT molecular complexity index is 215. The van der Waals surface area contributed by atoms with Crippen molar-refractivity contribution in [3.05, 3.63) is 11.6 Å². The smallest absolute Gasteiger partial charge is 0.0109 e. The van der Waals surface area contributed by atoms with Crippen LogP contribution in [0.5, 0.6) is 0 Å². The minimum absolute atomic E-state index is 0.461. The van der Waals surface area contributed by atoms with Crippen LogP contribution in [-0.2, 0) is 0 Å². The lowest BCUT2D eigenvalue weighted by molar-refractivity contribution is 0.287. The second-order valence-corrected chi connectivity index (χ2v) is 4.82. The summed E-state index contributed by atoms with van der Waals surface area (Å²) in [5.74, 6) is 1.83. The largest absolute Gasteiger partial charge is 0.327 e. The maximum absolute atomic E-state index is 5.58. The molecule has 0 aromatic carbocycles. The molecule has 2 saturated carbocycles. The Hall–Kier alpha value is -0.300. The molecule has 0 aromatic heterocycles. The van der Waals surface area contributed by atoms with E-state index in [0.29, 0.717) is 5.41 Å². The molecule has 2 aliphatic carbocycles. The van der Waals surface area contributed by atoms with Crippen LogP contribution in [-0.4, -0.2) is 6.54 Å². The molecule has 2 aliphatic rings. The van der Waals surface area contributed by atoms with Crippen LogP contribution >= 0.6 is 0 Å². The quantitative estimate of drug-likeness (QED) is 0.593. The molecule has 0 spiro atoms. The summed E-state index contributed by atoms with van der Waals surface area (Å²) in [6.45, 7) is 5.50. The monoisotopic (exact) mass is 165 g/mol. The van der Waals surface area contributed by atoms with Crippen molar-refractivity contribution in [2.75, 3.05) is 6.54 Å². The number of hydrogen-bond acceptors (Lipinski definition) is 1. The molecule has 0 amide bonds. The first-order chi connectivity index (χ1) is 5.66. The lowest BCUT2D eigenvalue weighted by Gasteiger charge is -2.32. The Balaban J connectivity index is 2.29. The highest BCUT2D eigenvalue weighted by molar-refractivity contribution is 5.26. The fraction of sp³-hybridized carbons (Fsp3) is 0.818. The zero-order valence-electron chi connectivity index (χ0n) is 8.14. The second-order valence-electron chi connectivity index (χ2n) is 4.82. The van der Waals surface area contributed by atoms with Gasteiger partial charge >= 0.3 is 0 Å². The van der Waals surface area contributed by atoms with Gasteiger partial charge in [0.2, 0.25) is 0 Å². The molecule has 2 bridgehead atoms. The maximum atomic E-state index is 5.58. The van der Waals surface area contributed by atoms with Gasteiger partial charge in [-0.15, -0.1) is 0 Å². The van der Waals surface area contributed by atoms with Crippen LogP contribution in [0.25, 0.3) is 0 Å². The lowest BCUT2D eigenvalue weighted by Crippen LogP contribution is -2.23. The average Bonchev–Trinajstić information content (AvgIpc) is 2.53. The molecule has 2 fully saturated rings. The van der Waals surface area contributed by atoms with E-state index < -0.39 is 0 Å². The van der Waals surface area contributed by atoms with Crippen LogP contribution < -0.4 is 5.73 Å². The normalized spacial score (nSPS) is 41.1. The highest BCUT2D eigenvalue weighted by Crippen LogP contribution is 2.58. The number of hydrogen-bond donors (Lipinski definition) is 1. The Kier molecular flexibility index (Phi) is 1.80. The van der Waals surface area contributed by atoms with Gasteiger partial charge in [-0.2, -0.15) is 0 Å². The zero-order valence-corrected chi connectivity index (χ0v) is 8.14. The van der Waals surface area contributed by atoms with E-state index in [-0.39, 0.29) is 0 Å². The van der Waals surface area contributed by atoms with E-state index in [2.05, 4.69) is 19.9 Å². The Labute approximate surface area is 75.0 Å². The van der Waals surface area contributed by atoms with Gasteiger partial charge in [0.1, 0.15) is 0 Å². The minimum atomic E-state index is 0.461. The van der Waals surface area contributed by atoms with Gasteiger partial charge in [-0.1, -0.05) is 25.5 Å². The van der Waals surface area contributed by atoms with Gasteiger partial charge in [0, 0.05) is 6.54 Å². The first-order valence-corrected chi connectivity index (χ1v) is 5.07. The summed E-state index contributed by atoms with van der Waals surface area (Å²) >= 11 is 0. The number of rotatable bonds is 1. The predicted molar refractivity (Wildman–Crippen MR) is 51.7 cm³/mol. The van der Waals surface area contributed by atoms with Crippen molar-refractivity contribution >= 4 is 0 Å². The molecule has 2 atom stereocenters. The lowest BCUT2D eigenvalue weighted by atomic mass is 9.73. The molecule has 0 aliphatic heterocycles. The van der Waals surface area contributed by atoms with Crippen molar-refractivity contribution in [2.45, 2.75) is 33.1 Å². The summed E-state index contributed by atoms with van der Waals surface area (Å²) in [6, 6.07) is 0. The SMILES string of the molecule is CC1(C)/C(=C\CN)C2CCC1C2. The molecular formula is C11H19N. The van der Waals surface area contributed by atoms with Gasteiger partial charge in [0.05, 0.1) is 0 Å². The summed E-state index contributed by atoms with van der Waals surface area (Å²) < 4.78 is 0. The van der Waals surface area contributed by atoms with E-state index >= 15 is 0 Å². The molecule has 2 rings (SSSR count). The van der Waals surface area contributed by atoms with Crippen molar-refractivity contribution in [3.8, 4) is 0 Å². The Morgan fingerprint density at radius 2 is 2.25 bits per heavy atom. The molecule has 68 valence electrons. The molecule has 2 N–H and O–H groups in total. The average molecular weight is 165 g/mol. The van der Waals surface area contributed by atoms with Crippen LogP contribution in [0.3, 0.4) is 0 Å². The molecule has 0 heterocycles. The molecule has 1 heteroatoms. The summed E-state index contributed by atoms with van der Waals surface area (Å²) in [5.41, 5.74) is 7.70. The summed E-state index contributed by atoms with van der Waals surface area (Å²) in [6.07, 6.45) is 6.56. The van der Waals surface area contributed by atoms with Crippen LogP contribution in [0.4, 0.5) is 0 Å². The topological polar surface area (TPSA) is 26.0 Å². The van der Waals surface area contributed by atoms with Crippen LogP contribution in [0.15, 0.2) is 11.6 Å². The van der Waals surface area contributed by atoms with Gasteiger partial charge < -0.3 is 5.73 Å². The first-order valence-electron chi connectivity index (χ1n) is 5.07. The van der Waals surface area contributed by atoms with E-state index in [9.17, 15) is 0 Å². The van der Waals surface area contributed by atoms with Crippen LogP contribution in [0, 0.1) is 17.3 Å². The van der Waals surface area contributed by atoms with Gasteiger partial charge in [-0.3, -0.25) is 0 Å². The second kappa shape index (κ2) is 2.59. The van der Waals surface area contributed by atoms with Crippen LogP contribution in [0.2, 0.25) is 0 Å². The van der Waals surface area contributed by atoms with E-state index in [0.717, 1.165) is 18.4 Å². The molecular weight excluding hydrogens is 146 g/mol. The highest BCUT2D eigenvalue weighted by atomic mass is 14.6. The van der Waals surface area contributed by atoms with Crippen molar-refractivity contribution in [2.24, 2.45) is 23.0 Å². The van der Waals surface area contributed by atoms with Gasteiger partial charge in [-0.05, 0) is 36.5 Å². The van der Waals surface area contributed by atoms with Crippen molar-refractivity contribution in [3.63, 3.8) is 0 Å². The van der Waals surface area contributed by atoms with Crippen LogP contribution in [0.1, 0.15) is 33.1 Å². The molecule has 2 unspecified atom stereocenters. The van der Waals surface area contributed by atoms with Gasteiger partial charge in [0.25, 0.3) is 0 Å². The fourth-order valence-corrected chi connectivity index (χ4v) is 3.24. The van der Waals surface area contributed by atoms with E-state index in [1.165, 1.54) is 19.3 Å². The number of nitrogens with two attached hydrogens (primary N) is 1. The third-order valence-corrected chi connectivity index (χ3v) is 3.97. The highest BCUT2D eigenvalue weighted by Gasteiger charge is 2.48. The number of allylic oxidation sites excluding steroid dienone is 1. The first kappa shape index (κ1) is 8.31. The molecule has 0 aromatic rings. The minimum Gasteiger partial charge on any atom is -0.327 e. The zero-order chi connectivity index (χ0) is 8.77. The molecule has 0 radical (unpaired) electrons. The molecule has 0 saturated heterocycles. The van der Waals surface area contributed by atoms with Crippen molar-refractivity contribution < 1.29 is 0 Å². The summed E-state index contributed by atoms with van der Waals surface area (Å²) in [4.78, 5) is 0. The summed E-state index contributed by atoms with van der Waals surface area (Å²) in [7, 11) is 0. The van der Waals surface area contributed by atoms with E-state index in [1.807, 2.05) is 0 Å². The standard InChI is InChI=1S/C11H19N/c1-11(2)9-4-3-8(7-9)10(11)5-6-12/h5,8-9H,3-4,6-7,12H2,1-2H3/b10-5-. The molecule has 1 nitrogen and oxygen atoms in total. The maximum Gasteiger partial charge on any atom is 0.0109 e. The van der Waals surface area contributed by atoms with Gasteiger partial charge in [0.15, 0.2) is 0 Å². The van der Waals surface area contributed by atoms with E-state index in [1.54, 1.807) is 5.57 Å². The van der Waals surface area contributed by atoms with Gasteiger partial charge in [-0.25, -0.2) is 0 Å². The molecule has 12 heavy (non-hydrogen) atoms. The predicted octanol–water partition coefficient (Wildman–Crippen LogP) is 2.33. The fourth-order valence-electron chi connectivity index (χ4n) is 3.24. The third-order valence-electron chi connectivity index (χ3n) is 3.97. The Morgan fingerprint density at radius 1 is 1.50 bits per heavy atom. The van der Waals surface area contributed by atoms with Crippen molar-refractivity contribution in [1.29, 1.82) is 0 Å². The Morgan fingerprint density at radius 3 is 2.75 bits per heavy atom. The van der Waals surface area contributed by atoms with Crippen molar-refractivity contribution in [1.82, 2.24) is 0 Å². The van der Waals surface area contributed by atoms with E-state index in [4.69, 9.17) is 5.73 Å². The summed E-state index contributed by atoms with van der Waals surface area (Å²) in [5, 5.41) is 0. The number of fused-ring (bicyclic) bond motifs is 2. The third kappa shape index (κ3) is 0.957.